The van der Waals surface area contributed by atoms with E-state index in [-0.39, 0.29) is 5.91 Å². The smallest absolute Gasteiger partial charge is 0.265 e. The minimum Gasteiger partial charge on any atom is -0.474 e. The molecule has 1 aromatic rings. The number of nitrogens with one attached hydrogen (secondary N) is 2. The summed E-state index contributed by atoms with van der Waals surface area (Å²) in [6.45, 7) is 5.00. The third-order valence-corrected chi connectivity index (χ3v) is 2.85. The summed E-state index contributed by atoms with van der Waals surface area (Å²) in [5, 5.41) is 6.09. The minimum atomic E-state index is -0.830. The molecular weight excluding hydrogens is 216 g/mol. The maximum Gasteiger partial charge on any atom is 0.265 e. The molecule has 17 heavy (non-hydrogen) atoms. The molecule has 4 heteroatoms. The van der Waals surface area contributed by atoms with Gasteiger partial charge < -0.3 is 15.4 Å². The molecule has 0 spiro atoms. The number of hydrogen-bond donors (Lipinski definition) is 2. The molecule has 0 fully saturated rings. The monoisotopic (exact) mass is 234 g/mol. The summed E-state index contributed by atoms with van der Waals surface area (Å²) in [5.74, 6) is 0.661. The van der Waals surface area contributed by atoms with Crippen molar-refractivity contribution in [1.82, 2.24) is 5.32 Å². The lowest BCUT2D eigenvalue weighted by Gasteiger charge is -2.35. The lowest BCUT2D eigenvalue weighted by atomic mass is 10.0. The second-order valence-corrected chi connectivity index (χ2v) is 4.44. The second kappa shape index (κ2) is 4.65. The first-order valence-electron chi connectivity index (χ1n) is 5.96. The van der Waals surface area contributed by atoms with E-state index in [4.69, 9.17) is 4.74 Å². The summed E-state index contributed by atoms with van der Waals surface area (Å²) in [7, 11) is 0. The number of para-hydroxylation sites is 2. The van der Waals surface area contributed by atoms with Crippen LogP contribution < -0.4 is 15.4 Å². The third kappa shape index (κ3) is 2.35. The van der Waals surface area contributed by atoms with Crippen molar-refractivity contribution in [1.29, 1.82) is 0 Å². The minimum absolute atomic E-state index is 0.0682. The lowest BCUT2D eigenvalue weighted by Crippen LogP contribution is -2.55. The summed E-state index contributed by atoms with van der Waals surface area (Å²) in [6.07, 6.45) is 0.922. The van der Waals surface area contributed by atoms with Crippen molar-refractivity contribution in [3.63, 3.8) is 0 Å². The van der Waals surface area contributed by atoms with Gasteiger partial charge in [0.1, 0.15) is 5.75 Å². The van der Waals surface area contributed by atoms with E-state index in [1.54, 1.807) is 6.92 Å². The molecule has 1 aromatic carbocycles. The van der Waals surface area contributed by atoms with Crippen molar-refractivity contribution in [2.45, 2.75) is 25.9 Å². The number of ether oxygens (including phenoxy) is 1. The van der Waals surface area contributed by atoms with Gasteiger partial charge in [-0.05, 0) is 25.5 Å². The van der Waals surface area contributed by atoms with Gasteiger partial charge in [-0.2, -0.15) is 0 Å². The van der Waals surface area contributed by atoms with Gasteiger partial charge in [-0.25, -0.2) is 0 Å². The fourth-order valence-electron chi connectivity index (χ4n) is 1.80. The predicted molar refractivity (Wildman–Crippen MR) is 67.3 cm³/mol. The number of anilines is 1. The Morgan fingerprint density at radius 2 is 2.29 bits per heavy atom. The average Bonchev–Trinajstić information content (AvgIpc) is 2.35. The van der Waals surface area contributed by atoms with Crippen LogP contribution in [0.3, 0.4) is 0 Å². The van der Waals surface area contributed by atoms with Gasteiger partial charge in [-0.1, -0.05) is 19.1 Å². The van der Waals surface area contributed by atoms with Gasteiger partial charge in [0.25, 0.3) is 5.91 Å². The summed E-state index contributed by atoms with van der Waals surface area (Å²) in [4.78, 5) is 12.0. The largest absolute Gasteiger partial charge is 0.474 e. The zero-order valence-corrected chi connectivity index (χ0v) is 10.2. The number of hydrogen-bond acceptors (Lipinski definition) is 3. The molecule has 4 nitrogen and oxygen atoms in total. The zero-order valence-electron chi connectivity index (χ0n) is 10.2. The van der Waals surface area contributed by atoms with E-state index >= 15 is 0 Å². The highest BCUT2D eigenvalue weighted by Gasteiger charge is 2.38. The van der Waals surface area contributed by atoms with Gasteiger partial charge in [-0.3, -0.25) is 4.79 Å². The quantitative estimate of drug-likeness (QED) is 0.838. The van der Waals surface area contributed by atoms with Crippen molar-refractivity contribution in [3.05, 3.63) is 24.3 Å². The first kappa shape index (κ1) is 11.8. The van der Waals surface area contributed by atoms with Crippen LogP contribution in [0.15, 0.2) is 24.3 Å². The van der Waals surface area contributed by atoms with Crippen molar-refractivity contribution < 1.29 is 9.53 Å². The fraction of sp³-hybridized carbons (Fsp3) is 0.462. The molecule has 0 saturated carbocycles. The van der Waals surface area contributed by atoms with Gasteiger partial charge in [0.15, 0.2) is 0 Å². The van der Waals surface area contributed by atoms with E-state index in [1.165, 1.54) is 0 Å². The third-order valence-electron chi connectivity index (χ3n) is 2.85. The summed E-state index contributed by atoms with van der Waals surface area (Å²) in [5.41, 5.74) is 0.108. The molecule has 0 radical (unpaired) electrons. The first-order valence-corrected chi connectivity index (χ1v) is 5.96. The predicted octanol–water partition coefficient (Wildman–Crippen LogP) is 1.78. The van der Waals surface area contributed by atoms with Gasteiger partial charge in [0.05, 0.1) is 12.2 Å². The Labute approximate surface area is 101 Å². The van der Waals surface area contributed by atoms with Crippen LogP contribution in [0.2, 0.25) is 0 Å². The fourth-order valence-corrected chi connectivity index (χ4v) is 1.80. The highest BCUT2D eigenvalue weighted by atomic mass is 16.5. The number of rotatable bonds is 3. The highest BCUT2D eigenvalue weighted by Crippen LogP contribution is 2.32. The van der Waals surface area contributed by atoms with Crippen molar-refractivity contribution >= 4 is 11.6 Å². The summed E-state index contributed by atoms with van der Waals surface area (Å²) in [6, 6.07) is 7.65. The van der Waals surface area contributed by atoms with Crippen LogP contribution in [0.5, 0.6) is 5.75 Å². The van der Waals surface area contributed by atoms with Crippen LogP contribution in [0.1, 0.15) is 20.3 Å². The Kier molecular flexibility index (Phi) is 3.22. The Hall–Kier alpha value is -1.71. The molecular formula is C13H18N2O2. The van der Waals surface area contributed by atoms with Gasteiger partial charge >= 0.3 is 0 Å². The normalized spacial score (nSPS) is 22.0. The highest BCUT2D eigenvalue weighted by molar-refractivity contribution is 5.87. The van der Waals surface area contributed by atoms with Crippen LogP contribution in [0.4, 0.5) is 5.69 Å². The van der Waals surface area contributed by atoms with Crippen LogP contribution in [0, 0.1) is 0 Å². The molecule has 1 unspecified atom stereocenters. The summed E-state index contributed by atoms with van der Waals surface area (Å²) < 4.78 is 5.80. The van der Waals surface area contributed by atoms with Gasteiger partial charge in [0, 0.05) is 6.54 Å². The number of amides is 1. The Morgan fingerprint density at radius 3 is 3.06 bits per heavy atom. The molecule has 0 bridgehead atoms. The maximum absolute atomic E-state index is 12.0. The van der Waals surface area contributed by atoms with E-state index in [2.05, 4.69) is 10.6 Å². The molecule has 0 saturated heterocycles. The van der Waals surface area contributed by atoms with E-state index in [1.807, 2.05) is 31.2 Å². The SMILES string of the molecule is CCCNC(=O)C1(C)CNc2ccccc2O1. The lowest BCUT2D eigenvalue weighted by molar-refractivity contribution is -0.134. The van der Waals surface area contributed by atoms with E-state index < -0.39 is 5.60 Å². The number of fused-ring (bicyclic) bond motifs is 1. The van der Waals surface area contributed by atoms with Crippen molar-refractivity contribution in [3.8, 4) is 5.75 Å². The molecule has 0 aliphatic carbocycles. The average molecular weight is 234 g/mol. The van der Waals surface area contributed by atoms with E-state index in [0.29, 0.717) is 13.1 Å². The number of carbonyl (C=O) groups is 1. The molecule has 0 aromatic heterocycles. The Balaban J connectivity index is 2.12. The topological polar surface area (TPSA) is 50.4 Å². The molecule has 1 aliphatic rings. The zero-order chi connectivity index (χ0) is 12.3. The van der Waals surface area contributed by atoms with Crippen LogP contribution in [-0.4, -0.2) is 24.6 Å². The summed E-state index contributed by atoms with van der Waals surface area (Å²) >= 11 is 0. The number of carbonyl (C=O) groups excluding carboxylic acids is 1. The Bertz CT molecular complexity index is 420. The van der Waals surface area contributed by atoms with Crippen molar-refractivity contribution in [2.75, 3.05) is 18.4 Å². The van der Waals surface area contributed by atoms with E-state index in [0.717, 1.165) is 17.9 Å². The molecule has 2 rings (SSSR count). The second-order valence-electron chi connectivity index (χ2n) is 4.44. The first-order chi connectivity index (χ1) is 8.15. The van der Waals surface area contributed by atoms with E-state index in [9.17, 15) is 4.79 Å². The van der Waals surface area contributed by atoms with Gasteiger partial charge in [-0.15, -0.1) is 0 Å². The van der Waals surface area contributed by atoms with Crippen LogP contribution >= 0.6 is 0 Å². The standard InChI is InChI=1S/C13H18N2O2/c1-3-8-14-12(16)13(2)9-15-10-6-4-5-7-11(10)17-13/h4-7,15H,3,8-9H2,1-2H3,(H,14,16). The number of benzene rings is 1. The Morgan fingerprint density at radius 1 is 1.53 bits per heavy atom. The molecule has 1 amide bonds. The van der Waals surface area contributed by atoms with Gasteiger partial charge in [0.2, 0.25) is 5.60 Å². The molecule has 1 atom stereocenters. The van der Waals surface area contributed by atoms with Crippen LogP contribution in [0.25, 0.3) is 0 Å². The molecule has 92 valence electrons. The van der Waals surface area contributed by atoms with Crippen molar-refractivity contribution in [2.24, 2.45) is 0 Å². The molecule has 2 N–H and O–H groups in total. The maximum atomic E-state index is 12.0. The molecule has 1 aliphatic heterocycles. The van der Waals surface area contributed by atoms with Crippen LogP contribution in [-0.2, 0) is 4.79 Å². The molecule has 1 heterocycles.